The molecule has 7 heteroatoms. The SMILES string of the molecule is O=C(Nc1cccc(Cl)c1Cl)c1ccnc(N2CCOCC2)c1. The van der Waals surface area contributed by atoms with Crippen molar-refractivity contribution < 1.29 is 9.53 Å². The van der Waals surface area contributed by atoms with Crippen molar-refractivity contribution in [2.75, 3.05) is 36.5 Å². The van der Waals surface area contributed by atoms with E-state index in [0.717, 1.165) is 18.9 Å². The smallest absolute Gasteiger partial charge is 0.255 e. The van der Waals surface area contributed by atoms with E-state index in [9.17, 15) is 4.79 Å². The molecule has 0 bridgehead atoms. The Balaban J connectivity index is 1.78. The zero-order valence-corrected chi connectivity index (χ0v) is 13.8. The summed E-state index contributed by atoms with van der Waals surface area (Å²) in [5, 5.41) is 3.49. The molecule has 0 atom stereocenters. The lowest BCUT2D eigenvalue weighted by molar-refractivity contribution is 0.102. The van der Waals surface area contributed by atoms with Gasteiger partial charge in [0.1, 0.15) is 5.82 Å². The minimum atomic E-state index is -0.258. The van der Waals surface area contributed by atoms with E-state index in [2.05, 4.69) is 15.2 Å². The summed E-state index contributed by atoms with van der Waals surface area (Å²) >= 11 is 12.1. The van der Waals surface area contributed by atoms with Crippen molar-refractivity contribution >= 4 is 40.6 Å². The monoisotopic (exact) mass is 351 g/mol. The van der Waals surface area contributed by atoms with Crippen molar-refractivity contribution in [3.8, 4) is 0 Å². The minimum absolute atomic E-state index is 0.258. The predicted octanol–water partition coefficient (Wildman–Crippen LogP) is 3.48. The number of rotatable bonds is 3. The third-order valence-corrected chi connectivity index (χ3v) is 4.36. The quantitative estimate of drug-likeness (QED) is 0.919. The van der Waals surface area contributed by atoms with E-state index >= 15 is 0 Å². The number of halogens is 2. The number of benzene rings is 1. The highest BCUT2D eigenvalue weighted by molar-refractivity contribution is 6.44. The normalized spacial score (nSPS) is 14.6. The molecule has 1 N–H and O–H groups in total. The van der Waals surface area contributed by atoms with Crippen LogP contribution in [0.25, 0.3) is 0 Å². The van der Waals surface area contributed by atoms with Gasteiger partial charge in [-0.15, -0.1) is 0 Å². The van der Waals surface area contributed by atoms with E-state index in [1.807, 2.05) is 0 Å². The van der Waals surface area contributed by atoms with Crippen molar-refractivity contribution in [1.29, 1.82) is 0 Å². The van der Waals surface area contributed by atoms with Gasteiger partial charge in [0.25, 0.3) is 5.91 Å². The van der Waals surface area contributed by atoms with Crippen LogP contribution in [-0.4, -0.2) is 37.2 Å². The maximum absolute atomic E-state index is 12.4. The summed E-state index contributed by atoms with van der Waals surface area (Å²) in [5.41, 5.74) is 0.992. The van der Waals surface area contributed by atoms with Crippen LogP contribution in [0.15, 0.2) is 36.5 Å². The van der Waals surface area contributed by atoms with Gasteiger partial charge in [0.2, 0.25) is 0 Å². The lowest BCUT2D eigenvalue weighted by Gasteiger charge is -2.27. The summed E-state index contributed by atoms with van der Waals surface area (Å²) in [5.74, 6) is 0.504. The van der Waals surface area contributed by atoms with Gasteiger partial charge < -0.3 is 15.0 Å². The highest BCUT2D eigenvalue weighted by Gasteiger charge is 2.15. The van der Waals surface area contributed by atoms with Gasteiger partial charge in [-0.1, -0.05) is 29.3 Å². The van der Waals surface area contributed by atoms with Crippen LogP contribution < -0.4 is 10.2 Å². The van der Waals surface area contributed by atoms with Gasteiger partial charge in [-0.2, -0.15) is 0 Å². The zero-order chi connectivity index (χ0) is 16.2. The fourth-order valence-electron chi connectivity index (χ4n) is 2.32. The highest BCUT2D eigenvalue weighted by atomic mass is 35.5. The average Bonchev–Trinajstić information content (AvgIpc) is 2.60. The number of ether oxygens (including phenoxy) is 1. The molecule has 1 aliphatic heterocycles. The number of morpholine rings is 1. The molecule has 2 aromatic rings. The fourth-order valence-corrected chi connectivity index (χ4v) is 2.67. The van der Waals surface area contributed by atoms with Gasteiger partial charge >= 0.3 is 0 Å². The number of hydrogen-bond donors (Lipinski definition) is 1. The number of nitrogens with zero attached hydrogens (tertiary/aromatic N) is 2. The Morgan fingerprint density at radius 1 is 1.22 bits per heavy atom. The Morgan fingerprint density at radius 3 is 2.78 bits per heavy atom. The summed E-state index contributed by atoms with van der Waals surface area (Å²) < 4.78 is 5.33. The topological polar surface area (TPSA) is 54.5 Å². The third-order valence-electron chi connectivity index (χ3n) is 3.54. The van der Waals surface area contributed by atoms with Crippen LogP contribution in [0.2, 0.25) is 10.0 Å². The van der Waals surface area contributed by atoms with Crippen LogP contribution in [0, 0.1) is 0 Å². The number of anilines is 2. The Kier molecular flexibility index (Phi) is 5.00. The number of carbonyl (C=O) groups excluding carboxylic acids is 1. The number of carbonyl (C=O) groups is 1. The lowest BCUT2D eigenvalue weighted by atomic mass is 10.2. The van der Waals surface area contributed by atoms with Crippen LogP contribution >= 0.6 is 23.2 Å². The molecule has 1 aromatic heterocycles. The molecule has 5 nitrogen and oxygen atoms in total. The van der Waals surface area contributed by atoms with E-state index in [0.29, 0.717) is 34.5 Å². The minimum Gasteiger partial charge on any atom is -0.378 e. The largest absolute Gasteiger partial charge is 0.378 e. The molecule has 120 valence electrons. The molecule has 23 heavy (non-hydrogen) atoms. The number of aromatic nitrogens is 1. The standard InChI is InChI=1S/C16H15Cl2N3O2/c17-12-2-1-3-13(15(12)18)20-16(22)11-4-5-19-14(10-11)21-6-8-23-9-7-21/h1-5,10H,6-9H2,(H,20,22). The molecule has 0 radical (unpaired) electrons. The first-order chi connectivity index (χ1) is 11.1. The van der Waals surface area contributed by atoms with Gasteiger partial charge in [-0.25, -0.2) is 4.98 Å². The molecule has 1 amide bonds. The molecule has 0 aliphatic carbocycles. The van der Waals surface area contributed by atoms with Crippen LogP contribution in [0.3, 0.4) is 0 Å². The van der Waals surface area contributed by atoms with Crippen LogP contribution in [0.5, 0.6) is 0 Å². The summed E-state index contributed by atoms with van der Waals surface area (Å²) in [4.78, 5) is 18.8. The second-order valence-corrected chi connectivity index (χ2v) is 5.84. The predicted molar refractivity (Wildman–Crippen MR) is 91.7 cm³/mol. The average molecular weight is 352 g/mol. The van der Waals surface area contributed by atoms with Crippen molar-refractivity contribution in [2.45, 2.75) is 0 Å². The van der Waals surface area contributed by atoms with Crippen molar-refractivity contribution in [2.24, 2.45) is 0 Å². The first kappa shape index (κ1) is 16.1. The Hall–Kier alpha value is -1.82. The van der Waals surface area contributed by atoms with E-state index in [4.69, 9.17) is 27.9 Å². The molecule has 1 saturated heterocycles. The highest BCUT2D eigenvalue weighted by Crippen LogP contribution is 2.30. The zero-order valence-electron chi connectivity index (χ0n) is 12.3. The van der Waals surface area contributed by atoms with Gasteiger partial charge in [0, 0.05) is 24.8 Å². The molecular weight excluding hydrogens is 337 g/mol. The molecule has 0 unspecified atom stereocenters. The molecule has 1 aromatic carbocycles. The van der Waals surface area contributed by atoms with Crippen molar-refractivity contribution in [1.82, 2.24) is 4.98 Å². The van der Waals surface area contributed by atoms with E-state index in [1.165, 1.54) is 0 Å². The van der Waals surface area contributed by atoms with Gasteiger partial charge in [-0.3, -0.25) is 4.79 Å². The maximum atomic E-state index is 12.4. The summed E-state index contributed by atoms with van der Waals surface area (Å²) in [6.45, 7) is 2.85. The summed E-state index contributed by atoms with van der Waals surface area (Å²) in [7, 11) is 0. The second-order valence-electron chi connectivity index (χ2n) is 5.06. The van der Waals surface area contributed by atoms with E-state index in [-0.39, 0.29) is 5.91 Å². The Morgan fingerprint density at radius 2 is 2.00 bits per heavy atom. The molecule has 2 heterocycles. The molecule has 1 fully saturated rings. The van der Waals surface area contributed by atoms with E-state index in [1.54, 1.807) is 36.5 Å². The van der Waals surface area contributed by atoms with Crippen molar-refractivity contribution in [3.05, 3.63) is 52.1 Å². The number of pyridine rings is 1. The van der Waals surface area contributed by atoms with Gasteiger partial charge in [-0.05, 0) is 24.3 Å². The first-order valence-corrected chi connectivity index (χ1v) is 7.95. The number of amides is 1. The Labute approximate surface area is 144 Å². The number of hydrogen-bond acceptors (Lipinski definition) is 4. The van der Waals surface area contributed by atoms with Crippen LogP contribution in [0.1, 0.15) is 10.4 Å². The maximum Gasteiger partial charge on any atom is 0.255 e. The van der Waals surface area contributed by atoms with Gasteiger partial charge in [0.05, 0.1) is 28.9 Å². The van der Waals surface area contributed by atoms with Crippen molar-refractivity contribution in [3.63, 3.8) is 0 Å². The first-order valence-electron chi connectivity index (χ1n) is 7.19. The van der Waals surface area contributed by atoms with E-state index < -0.39 is 0 Å². The fraction of sp³-hybridized carbons (Fsp3) is 0.250. The van der Waals surface area contributed by atoms with Gasteiger partial charge in [0.15, 0.2) is 0 Å². The lowest BCUT2D eigenvalue weighted by Crippen LogP contribution is -2.36. The van der Waals surface area contributed by atoms with Crippen LogP contribution in [-0.2, 0) is 4.74 Å². The summed E-state index contributed by atoms with van der Waals surface area (Å²) in [6.07, 6.45) is 1.62. The molecule has 1 aliphatic rings. The molecule has 0 spiro atoms. The molecule has 0 saturated carbocycles. The Bertz CT molecular complexity index is 718. The molecular formula is C16H15Cl2N3O2. The molecule has 3 rings (SSSR count). The third kappa shape index (κ3) is 3.75. The second kappa shape index (κ2) is 7.17. The number of nitrogens with one attached hydrogen (secondary N) is 1. The summed E-state index contributed by atoms with van der Waals surface area (Å²) in [6, 6.07) is 8.53. The van der Waals surface area contributed by atoms with Crippen LogP contribution in [0.4, 0.5) is 11.5 Å².